The molecule has 2 aromatic rings. The Labute approximate surface area is 130 Å². The minimum atomic E-state index is -0.966. The number of aliphatic carboxylic acids is 1. The van der Waals surface area contributed by atoms with Crippen LogP contribution in [-0.2, 0) is 9.53 Å². The molecule has 0 saturated heterocycles. The number of nitrogens with two attached hydrogens (primary N) is 1. The molecule has 0 atom stereocenters. The summed E-state index contributed by atoms with van der Waals surface area (Å²) in [7, 11) is 0. The fraction of sp³-hybridized carbons (Fsp3) is 0.235. The quantitative estimate of drug-likeness (QED) is 0.757. The third-order valence-electron chi connectivity index (χ3n) is 2.71. The molecule has 2 rings (SSSR count). The van der Waals surface area contributed by atoms with Gasteiger partial charge in [0, 0.05) is 6.54 Å². The highest BCUT2D eigenvalue weighted by Gasteiger charge is 2.15. The second kappa shape index (κ2) is 10.5. The second-order valence-electron chi connectivity index (χ2n) is 4.42. The minimum absolute atomic E-state index is 0.0972. The smallest absolute Gasteiger partial charge is 0.329 e. The van der Waals surface area contributed by atoms with Crippen LogP contribution in [0.25, 0.3) is 0 Å². The average molecular weight is 303 g/mol. The van der Waals surface area contributed by atoms with E-state index in [9.17, 15) is 4.79 Å². The van der Waals surface area contributed by atoms with Crippen molar-refractivity contribution in [2.24, 2.45) is 5.73 Å². The molecule has 0 aliphatic carbocycles. The predicted octanol–water partition coefficient (Wildman–Crippen LogP) is 1.81. The molecule has 0 spiro atoms. The Kier molecular flexibility index (Phi) is 8.52. The molecule has 2 aromatic carbocycles. The molecule has 5 nitrogen and oxygen atoms in total. The summed E-state index contributed by atoms with van der Waals surface area (Å²) >= 11 is 0. The van der Waals surface area contributed by atoms with Crippen molar-refractivity contribution in [3.8, 4) is 0 Å². The number of hydrogen-bond acceptors (Lipinski definition) is 4. The maximum absolute atomic E-state index is 10.6. The number of benzene rings is 2. The Hall–Kier alpha value is -2.21. The van der Waals surface area contributed by atoms with Gasteiger partial charge in [-0.25, -0.2) is 4.79 Å². The zero-order chi connectivity index (χ0) is 16.2. The minimum Gasteiger partial charge on any atom is -0.480 e. The normalized spacial score (nSPS) is 9.95. The molecular formula is C17H21NO4. The van der Waals surface area contributed by atoms with Gasteiger partial charge >= 0.3 is 5.97 Å². The molecule has 0 radical (unpaired) electrons. The second-order valence-corrected chi connectivity index (χ2v) is 4.42. The van der Waals surface area contributed by atoms with Gasteiger partial charge < -0.3 is 20.7 Å². The van der Waals surface area contributed by atoms with Crippen LogP contribution in [0.15, 0.2) is 60.7 Å². The summed E-state index contributed by atoms with van der Waals surface area (Å²) in [6.07, 6.45) is -0.344. The van der Waals surface area contributed by atoms with Gasteiger partial charge in [0.05, 0.1) is 6.61 Å². The summed E-state index contributed by atoms with van der Waals surface area (Å²) < 4.78 is 5.48. The molecule has 22 heavy (non-hydrogen) atoms. The number of aliphatic hydroxyl groups excluding tert-OH is 1. The average Bonchev–Trinajstić information content (AvgIpc) is 2.57. The van der Waals surface area contributed by atoms with Gasteiger partial charge in [-0.3, -0.25) is 0 Å². The van der Waals surface area contributed by atoms with Crippen LogP contribution in [0.4, 0.5) is 0 Å². The van der Waals surface area contributed by atoms with Crippen molar-refractivity contribution in [1.82, 2.24) is 0 Å². The number of aliphatic hydroxyl groups is 1. The molecule has 0 heterocycles. The summed E-state index contributed by atoms with van der Waals surface area (Å²) in [6, 6.07) is 19.2. The maximum atomic E-state index is 10.6. The van der Waals surface area contributed by atoms with E-state index in [-0.39, 0.29) is 19.3 Å². The number of carboxylic acid groups (broad SMARTS) is 1. The summed E-state index contributed by atoms with van der Waals surface area (Å²) in [5, 5.41) is 16.5. The highest BCUT2D eigenvalue weighted by Crippen LogP contribution is 2.25. The molecule has 0 bridgehead atoms. The molecule has 0 aliphatic rings. The Bertz CT molecular complexity index is 489. The molecule has 0 unspecified atom stereocenters. The van der Waals surface area contributed by atoms with E-state index in [1.54, 1.807) is 0 Å². The van der Waals surface area contributed by atoms with Crippen LogP contribution in [0.5, 0.6) is 0 Å². The van der Waals surface area contributed by atoms with Crippen LogP contribution in [0.3, 0.4) is 0 Å². The van der Waals surface area contributed by atoms with Crippen molar-refractivity contribution in [2.45, 2.75) is 6.10 Å². The molecule has 0 aliphatic heterocycles. The number of carboxylic acids is 1. The van der Waals surface area contributed by atoms with Crippen molar-refractivity contribution >= 4 is 5.97 Å². The third kappa shape index (κ3) is 6.49. The first-order chi connectivity index (χ1) is 10.7. The Morgan fingerprint density at radius 1 is 1.00 bits per heavy atom. The van der Waals surface area contributed by atoms with Crippen molar-refractivity contribution in [1.29, 1.82) is 0 Å². The van der Waals surface area contributed by atoms with Gasteiger partial charge in [0.25, 0.3) is 0 Å². The number of rotatable bonds is 6. The van der Waals surface area contributed by atoms with Gasteiger partial charge in [-0.05, 0) is 11.1 Å². The first-order valence-electron chi connectivity index (χ1n) is 6.93. The van der Waals surface area contributed by atoms with Crippen LogP contribution >= 0.6 is 0 Å². The zero-order valence-corrected chi connectivity index (χ0v) is 12.3. The van der Waals surface area contributed by atoms with E-state index in [2.05, 4.69) is 0 Å². The summed E-state index contributed by atoms with van der Waals surface area (Å²) in [5.74, 6) is -0.966. The lowest BCUT2D eigenvalue weighted by Gasteiger charge is -2.17. The first kappa shape index (κ1) is 17.8. The number of carbonyl (C=O) groups is 1. The van der Waals surface area contributed by atoms with Crippen LogP contribution in [0.2, 0.25) is 0 Å². The van der Waals surface area contributed by atoms with Crippen molar-refractivity contribution in [3.63, 3.8) is 0 Å². The Morgan fingerprint density at radius 3 is 1.73 bits per heavy atom. The van der Waals surface area contributed by atoms with E-state index in [0.29, 0.717) is 6.54 Å². The fourth-order valence-electron chi connectivity index (χ4n) is 1.80. The maximum Gasteiger partial charge on any atom is 0.329 e. The van der Waals surface area contributed by atoms with Crippen LogP contribution in [-0.4, -0.2) is 35.9 Å². The molecular weight excluding hydrogens is 282 g/mol. The van der Waals surface area contributed by atoms with Crippen molar-refractivity contribution in [3.05, 3.63) is 71.8 Å². The molecule has 4 N–H and O–H groups in total. The van der Waals surface area contributed by atoms with Crippen LogP contribution in [0.1, 0.15) is 17.2 Å². The molecule has 0 amide bonds. The largest absolute Gasteiger partial charge is 0.480 e. The molecule has 0 fully saturated rings. The van der Waals surface area contributed by atoms with Gasteiger partial charge in [-0.2, -0.15) is 0 Å². The third-order valence-corrected chi connectivity index (χ3v) is 2.71. The van der Waals surface area contributed by atoms with E-state index in [1.165, 1.54) is 0 Å². The lowest BCUT2D eigenvalue weighted by Crippen LogP contribution is -2.13. The van der Waals surface area contributed by atoms with Gasteiger partial charge in [-0.1, -0.05) is 60.7 Å². The SMILES string of the molecule is NCCO.O=C(O)COC(c1ccccc1)c1ccccc1. The standard InChI is InChI=1S/C15H14O3.C2H7NO/c16-14(17)11-18-15(12-7-3-1-4-8-12)13-9-5-2-6-10-13;3-1-2-4/h1-10,15H,11H2,(H,16,17);4H,1-3H2. The summed E-state index contributed by atoms with van der Waals surface area (Å²) in [4.78, 5) is 10.6. The van der Waals surface area contributed by atoms with E-state index in [4.69, 9.17) is 20.7 Å². The zero-order valence-electron chi connectivity index (χ0n) is 12.3. The van der Waals surface area contributed by atoms with Crippen molar-refractivity contribution < 1.29 is 19.7 Å². The lowest BCUT2D eigenvalue weighted by atomic mass is 10.0. The van der Waals surface area contributed by atoms with Gasteiger partial charge in [-0.15, -0.1) is 0 Å². The highest BCUT2D eigenvalue weighted by molar-refractivity contribution is 5.68. The Morgan fingerprint density at radius 2 is 1.41 bits per heavy atom. The molecule has 118 valence electrons. The summed E-state index contributed by atoms with van der Waals surface area (Å²) in [6.45, 7) is 0.161. The van der Waals surface area contributed by atoms with Crippen molar-refractivity contribution in [2.75, 3.05) is 19.8 Å². The van der Waals surface area contributed by atoms with E-state index in [1.807, 2.05) is 60.7 Å². The molecule has 5 heteroatoms. The number of hydrogen-bond donors (Lipinski definition) is 3. The molecule has 0 saturated carbocycles. The topological polar surface area (TPSA) is 92.8 Å². The predicted molar refractivity (Wildman–Crippen MR) is 84.5 cm³/mol. The monoisotopic (exact) mass is 303 g/mol. The highest BCUT2D eigenvalue weighted by atomic mass is 16.5. The van der Waals surface area contributed by atoms with Crippen LogP contribution in [0, 0.1) is 0 Å². The fourth-order valence-corrected chi connectivity index (χ4v) is 1.80. The van der Waals surface area contributed by atoms with Gasteiger partial charge in [0.1, 0.15) is 12.7 Å². The first-order valence-corrected chi connectivity index (χ1v) is 6.93. The van der Waals surface area contributed by atoms with Gasteiger partial charge in [0.15, 0.2) is 0 Å². The van der Waals surface area contributed by atoms with E-state index in [0.717, 1.165) is 11.1 Å². The lowest BCUT2D eigenvalue weighted by molar-refractivity contribution is -0.143. The summed E-state index contributed by atoms with van der Waals surface area (Å²) in [5.41, 5.74) is 6.68. The molecule has 0 aromatic heterocycles. The Balaban J connectivity index is 0.000000541. The van der Waals surface area contributed by atoms with Crippen LogP contribution < -0.4 is 5.73 Å². The van der Waals surface area contributed by atoms with E-state index >= 15 is 0 Å². The van der Waals surface area contributed by atoms with Gasteiger partial charge in [0.2, 0.25) is 0 Å². The van der Waals surface area contributed by atoms with E-state index < -0.39 is 5.97 Å². The number of ether oxygens (including phenoxy) is 1.